The van der Waals surface area contributed by atoms with Gasteiger partial charge in [0.15, 0.2) is 6.61 Å². The Morgan fingerprint density at radius 2 is 1.81 bits per heavy atom. The van der Waals surface area contributed by atoms with Gasteiger partial charge in [0, 0.05) is 25.2 Å². The molecule has 5 heteroatoms. The van der Waals surface area contributed by atoms with Gasteiger partial charge in [0.05, 0.1) is 0 Å². The van der Waals surface area contributed by atoms with Crippen molar-refractivity contribution in [2.45, 2.75) is 24.9 Å². The molecule has 0 spiro atoms. The Labute approximate surface area is 123 Å². The maximum Gasteiger partial charge on any atom is 0.261 e. The molecule has 0 aromatic heterocycles. The van der Waals surface area contributed by atoms with E-state index in [9.17, 15) is 9.18 Å². The second kappa shape index (κ2) is 4.98. The van der Waals surface area contributed by atoms with Gasteiger partial charge in [-0.1, -0.05) is 0 Å². The molecule has 1 aromatic rings. The third kappa shape index (κ3) is 2.11. The van der Waals surface area contributed by atoms with Crippen LogP contribution in [0.1, 0.15) is 12.8 Å². The molecule has 1 aromatic carbocycles. The number of rotatable bonds is 3. The fourth-order valence-electron chi connectivity index (χ4n) is 4.39. The van der Waals surface area contributed by atoms with Crippen LogP contribution < -0.4 is 10.1 Å². The Bertz CT molecular complexity index is 530. The number of nitrogens with one attached hydrogen (secondary N) is 1. The van der Waals surface area contributed by atoms with Crippen LogP contribution in [0.5, 0.6) is 5.75 Å². The summed E-state index contributed by atoms with van der Waals surface area (Å²) in [5, 5.41) is 3.44. The molecule has 3 saturated heterocycles. The summed E-state index contributed by atoms with van der Waals surface area (Å²) in [5.41, 5.74) is 0. The minimum absolute atomic E-state index is 0.0471. The first-order chi connectivity index (χ1) is 10.2. The second-order valence-electron chi connectivity index (χ2n) is 6.24. The normalized spacial score (nSPS) is 33.3. The van der Waals surface area contributed by atoms with Crippen LogP contribution in [0.2, 0.25) is 0 Å². The number of benzene rings is 1. The summed E-state index contributed by atoms with van der Waals surface area (Å²) < 4.78 is 18.3. The number of carbonyl (C=O) groups is 1. The number of carbonyl (C=O) groups excluding carboxylic acids is 1. The van der Waals surface area contributed by atoms with Gasteiger partial charge in [-0.15, -0.1) is 0 Å². The molecule has 1 N–H and O–H groups in total. The van der Waals surface area contributed by atoms with Crippen molar-refractivity contribution >= 4 is 5.91 Å². The molecule has 4 nitrogen and oxygen atoms in total. The fraction of sp³-hybridized carbons (Fsp3) is 0.562. The van der Waals surface area contributed by atoms with E-state index in [-0.39, 0.29) is 18.3 Å². The van der Waals surface area contributed by atoms with Crippen LogP contribution >= 0.6 is 0 Å². The molecule has 3 heterocycles. The molecular formula is C16H19FN2O2. The summed E-state index contributed by atoms with van der Waals surface area (Å²) in [7, 11) is 0. The first-order valence-electron chi connectivity index (χ1n) is 7.64. The van der Waals surface area contributed by atoms with Gasteiger partial charge in [0.25, 0.3) is 5.91 Å². The number of hydrogen-bond acceptors (Lipinski definition) is 3. The van der Waals surface area contributed by atoms with Gasteiger partial charge in [-0.2, -0.15) is 0 Å². The summed E-state index contributed by atoms with van der Waals surface area (Å²) in [6, 6.07) is 6.57. The lowest BCUT2D eigenvalue weighted by Gasteiger charge is -2.24. The molecule has 0 saturated carbocycles. The molecule has 3 aliphatic heterocycles. The molecule has 1 amide bonds. The van der Waals surface area contributed by atoms with Gasteiger partial charge < -0.3 is 15.0 Å². The molecule has 0 radical (unpaired) electrons. The van der Waals surface area contributed by atoms with E-state index < -0.39 is 0 Å². The molecule has 2 bridgehead atoms. The van der Waals surface area contributed by atoms with Crippen molar-refractivity contribution in [2.75, 3.05) is 19.7 Å². The van der Waals surface area contributed by atoms with Gasteiger partial charge in [-0.25, -0.2) is 4.39 Å². The van der Waals surface area contributed by atoms with E-state index in [0.29, 0.717) is 29.7 Å². The Kier molecular flexibility index (Phi) is 3.10. The zero-order valence-corrected chi connectivity index (χ0v) is 11.8. The Morgan fingerprint density at radius 1 is 1.19 bits per heavy atom. The monoisotopic (exact) mass is 290 g/mol. The predicted molar refractivity (Wildman–Crippen MR) is 75.4 cm³/mol. The maximum atomic E-state index is 12.8. The van der Waals surface area contributed by atoms with Crippen LogP contribution in [-0.4, -0.2) is 42.6 Å². The number of hydrogen-bond donors (Lipinski definition) is 1. The summed E-state index contributed by atoms with van der Waals surface area (Å²) in [6.07, 6.45) is 2.24. The molecule has 0 unspecified atom stereocenters. The van der Waals surface area contributed by atoms with E-state index in [4.69, 9.17) is 4.74 Å². The topological polar surface area (TPSA) is 41.6 Å². The average molecular weight is 290 g/mol. The summed E-state index contributed by atoms with van der Waals surface area (Å²) in [4.78, 5) is 14.6. The Morgan fingerprint density at radius 3 is 2.43 bits per heavy atom. The van der Waals surface area contributed by atoms with Crippen LogP contribution in [-0.2, 0) is 4.79 Å². The number of amides is 1. The van der Waals surface area contributed by atoms with E-state index in [0.717, 1.165) is 25.9 Å². The molecule has 3 aliphatic rings. The number of halogens is 1. The Hall–Kier alpha value is -1.62. The van der Waals surface area contributed by atoms with E-state index in [1.807, 2.05) is 0 Å². The van der Waals surface area contributed by atoms with Crippen LogP contribution in [0, 0.1) is 17.7 Å². The van der Waals surface area contributed by atoms with Crippen molar-refractivity contribution in [3.8, 4) is 5.75 Å². The van der Waals surface area contributed by atoms with Crippen molar-refractivity contribution in [1.29, 1.82) is 0 Å². The smallest absolute Gasteiger partial charge is 0.261 e. The zero-order chi connectivity index (χ0) is 14.4. The highest BCUT2D eigenvalue weighted by atomic mass is 19.1. The first-order valence-corrected chi connectivity index (χ1v) is 7.64. The second-order valence-corrected chi connectivity index (χ2v) is 6.24. The average Bonchev–Trinajstić information content (AvgIpc) is 3.18. The molecule has 4 atom stereocenters. The van der Waals surface area contributed by atoms with Crippen LogP contribution in [0.4, 0.5) is 4.39 Å². The van der Waals surface area contributed by atoms with Gasteiger partial charge >= 0.3 is 0 Å². The maximum absolute atomic E-state index is 12.8. The number of nitrogens with zero attached hydrogens (tertiary/aromatic N) is 1. The van der Waals surface area contributed by atoms with Gasteiger partial charge in [-0.3, -0.25) is 4.79 Å². The first kappa shape index (κ1) is 13.1. The summed E-state index contributed by atoms with van der Waals surface area (Å²) in [6.45, 7) is 2.12. The molecule has 21 heavy (non-hydrogen) atoms. The van der Waals surface area contributed by atoms with Crippen molar-refractivity contribution in [3.63, 3.8) is 0 Å². The van der Waals surface area contributed by atoms with E-state index in [1.54, 1.807) is 12.1 Å². The summed E-state index contributed by atoms with van der Waals surface area (Å²) >= 11 is 0. The lowest BCUT2D eigenvalue weighted by Crippen LogP contribution is -2.41. The quantitative estimate of drug-likeness (QED) is 0.915. The standard InChI is InChI=1S/C16H19FN2O2/c17-10-1-3-11(4-2-10)21-9-16(20)19-14-5-6-15(19)13-8-18-7-12(13)14/h1-4,12-15,18H,5-9H2/t12-,13+,14-,15+. The minimum atomic E-state index is -0.299. The minimum Gasteiger partial charge on any atom is -0.484 e. The van der Waals surface area contributed by atoms with E-state index in [1.165, 1.54) is 12.1 Å². The molecule has 3 fully saturated rings. The van der Waals surface area contributed by atoms with Crippen molar-refractivity contribution < 1.29 is 13.9 Å². The highest BCUT2D eigenvalue weighted by molar-refractivity contribution is 5.79. The molecule has 112 valence electrons. The van der Waals surface area contributed by atoms with E-state index in [2.05, 4.69) is 10.2 Å². The van der Waals surface area contributed by atoms with Crippen LogP contribution in [0.3, 0.4) is 0 Å². The van der Waals surface area contributed by atoms with Crippen molar-refractivity contribution in [1.82, 2.24) is 10.2 Å². The molecular weight excluding hydrogens is 271 g/mol. The lowest BCUT2D eigenvalue weighted by molar-refractivity contribution is -0.135. The molecule has 4 rings (SSSR count). The third-order valence-electron chi connectivity index (χ3n) is 5.24. The lowest BCUT2D eigenvalue weighted by atomic mass is 9.82. The zero-order valence-electron chi connectivity index (χ0n) is 11.8. The van der Waals surface area contributed by atoms with Gasteiger partial charge in [0.2, 0.25) is 0 Å². The molecule has 0 aliphatic carbocycles. The number of ether oxygens (including phenoxy) is 1. The van der Waals surface area contributed by atoms with Crippen LogP contribution in [0.15, 0.2) is 24.3 Å². The largest absolute Gasteiger partial charge is 0.484 e. The van der Waals surface area contributed by atoms with Crippen molar-refractivity contribution in [3.05, 3.63) is 30.1 Å². The highest BCUT2D eigenvalue weighted by Crippen LogP contribution is 2.47. The summed E-state index contributed by atoms with van der Waals surface area (Å²) in [5.74, 6) is 1.56. The van der Waals surface area contributed by atoms with Crippen LogP contribution in [0.25, 0.3) is 0 Å². The Balaban J connectivity index is 1.41. The van der Waals surface area contributed by atoms with Gasteiger partial charge in [-0.05, 0) is 48.9 Å². The predicted octanol–water partition coefficient (Wildman–Crippen LogP) is 1.41. The van der Waals surface area contributed by atoms with E-state index >= 15 is 0 Å². The third-order valence-corrected chi connectivity index (χ3v) is 5.24. The number of fused-ring (bicyclic) bond motifs is 5. The van der Waals surface area contributed by atoms with Gasteiger partial charge in [0.1, 0.15) is 11.6 Å². The fourth-order valence-corrected chi connectivity index (χ4v) is 4.39. The van der Waals surface area contributed by atoms with Crippen molar-refractivity contribution in [2.24, 2.45) is 11.8 Å². The highest BCUT2D eigenvalue weighted by Gasteiger charge is 2.56. The SMILES string of the molecule is O=C(COc1ccc(F)cc1)N1[C@@H]2CC[C@H]1[C@H]1CNC[C@H]12.